The van der Waals surface area contributed by atoms with Gasteiger partial charge in [0.15, 0.2) is 0 Å². The zero-order chi connectivity index (χ0) is 16.5. The molecule has 1 heterocycles. The Balaban J connectivity index is 1.68. The lowest BCUT2D eigenvalue weighted by Crippen LogP contribution is -1.97. The highest BCUT2D eigenvalue weighted by Crippen LogP contribution is 2.23. The number of carboxylic acid groups (broad SMARTS) is 1. The van der Waals surface area contributed by atoms with Gasteiger partial charge in [0.05, 0.1) is 22.8 Å². The molecule has 0 unspecified atom stereocenters. The van der Waals surface area contributed by atoms with Crippen LogP contribution in [-0.4, -0.2) is 21.0 Å². The smallest absolute Gasteiger partial charge is 0.335 e. The van der Waals surface area contributed by atoms with Crippen LogP contribution in [0.4, 0.5) is 11.5 Å². The van der Waals surface area contributed by atoms with E-state index in [0.29, 0.717) is 5.82 Å². The second-order valence-electron chi connectivity index (χ2n) is 5.45. The summed E-state index contributed by atoms with van der Waals surface area (Å²) < 4.78 is 0. The van der Waals surface area contributed by atoms with E-state index >= 15 is 0 Å². The lowest BCUT2D eigenvalue weighted by molar-refractivity contribution is 0.0697. The number of anilines is 2. The molecule has 1 aromatic heterocycles. The SMILES string of the molecule is O=C(O)c1ccc2cc(Nc3cnc4ccccc4n3)ccc2c1. The van der Waals surface area contributed by atoms with Crippen LogP contribution in [0.3, 0.4) is 0 Å². The predicted octanol–water partition coefficient (Wildman–Crippen LogP) is 4.22. The summed E-state index contributed by atoms with van der Waals surface area (Å²) in [5, 5.41) is 14.1. The third kappa shape index (κ3) is 2.63. The van der Waals surface area contributed by atoms with Crippen LogP contribution in [0.5, 0.6) is 0 Å². The van der Waals surface area contributed by atoms with E-state index in [0.717, 1.165) is 27.5 Å². The third-order valence-electron chi connectivity index (χ3n) is 3.81. The molecule has 5 nitrogen and oxygen atoms in total. The van der Waals surface area contributed by atoms with Crippen molar-refractivity contribution in [3.05, 3.63) is 72.4 Å². The van der Waals surface area contributed by atoms with Crippen molar-refractivity contribution in [2.75, 3.05) is 5.32 Å². The maximum Gasteiger partial charge on any atom is 0.335 e. The number of carbonyl (C=O) groups is 1. The molecule has 3 aromatic carbocycles. The minimum atomic E-state index is -0.925. The molecule has 2 N–H and O–H groups in total. The Labute approximate surface area is 137 Å². The van der Waals surface area contributed by atoms with Crippen molar-refractivity contribution >= 4 is 39.3 Å². The van der Waals surface area contributed by atoms with Gasteiger partial charge in [-0.15, -0.1) is 0 Å². The minimum absolute atomic E-state index is 0.281. The molecular formula is C19H13N3O2. The van der Waals surface area contributed by atoms with Gasteiger partial charge in [0.2, 0.25) is 0 Å². The van der Waals surface area contributed by atoms with Gasteiger partial charge < -0.3 is 10.4 Å². The van der Waals surface area contributed by atoms with Crippen LogP contribution in [0.15, 0.2) is 66.9 Å². The van der Waals surface area contributed by atoms with Crippen LogP contribution in [0.2, 0.25) is 0 Å². The average molecular weight is 315 g/mol. The monoisotopic (exact) mass is 315 g/mol. The van der Waals surface area contributed by atoms with Crippen molar-refractivity contribution in [2.24, 2.45) is 0 Å². The quantitative estimate of drug-likeness (QED) is 0.592. The number of benzene rings is 3. The zero-order valence-electron chi connectivity index (χ0n) is 12.6. The second kappa shape index (κ2) is 5.62. The van der Waals surface area contributed by atoms with Gasteiger partial charge in [-0.2, -0.15) is 0 Å². The zero-order valence-corrected chi connectivity index (χ0v) is 12.6. The number of hydrogen-bond acceptors (Lipinski definition) is 4. The van der Waals surface area contributed by atoms with E-state index in [1.165, 1.54) is 0 Å². The molecule has 0 aliphatic heterocycles. The molecule has 0 saturated heterocycles. The van der Waals surface area contributed by atoms with E-state index in [1.54, 1.807) is 24.4 Å². The van der Waals surface area contributed by atoms with E-state index < -0.39 is 5.97 Å². The number of rotatable bonds is 3. The molecule has 0 aliphatic rings. The van der Waals surface area contributed by atoms with Crippen molar-refractivity contribution in [1.29, 1.82) is 0 Å². The summed E-state index contributed by atoms with van der Waals surface area (Å²) in [6.07, 6.45) is 1.69. The van der Waals surface area contributed by atoms with E-state index in [2.05, 4.69) is 15.3 Å². The Morgan fingerprint density at radius 3 is 2.50 bits per heavy atom. The Bertz CT molecular complexity index is 1080. The van der Waals surface area contributed by atoms with Gasteiger partial charge in [-0.1, -0.05) is 24.3 Å². The first-order valence-electron chi connectivity index (χ1n) is 7.45. The number of hydrogen-bond donors (Lipinski definition) is 2. The molecule has 0 fully saturated rings. The molecule has 24 heavy (non-hydrogen) atoms. The molecule has 0 atom stereocenters. The molecule has 0 saturated carbocycles. The largest absolute Gasteiger partial charge is 0.478 e. The summed E-state index contributed by atoms with van der Waals surface area (Å²) in [7, 11) is 0. The van der Waals surface area contributed by atoms with Gasteiger partial charge >= 0.3 is 5.97 Å². The molecular weight excluding hydrogens is 302 g/mol. The van der Waals surface area contributed by atoms with Crippen molar-refractivity contribution in [3.63, 3.8) is 0 Å². The summed E-state index contributed by atoms with van der Waals surface area (Å²) in [5.74, 6) is -0.263. The van der Waals surface area contributed by atoms with Crippen LogP contribution < -0.4 is 5.32 Å². The van der Waals surface area contributed by atoms with E-state index in [4.69, 9.17) is 5.11 Å². The molecule has 0 bridgehead atoms. The molecule has 0 amide bonds. The maximum atomic E-state index is 11.0. The van der Waals surface area contributed by atoms with E-state index in [9.17, 15) is 4.79 Å². The van der Waals surface area contributed by atoms with Gasteiger partial charge in [-0.05, 0) is 47.2 Å². The number of fused-ring (bicyclic) bond motifs is 2. The van der Waals surface area contributed by atoms with Crippen molar-refractivity contribution < 1.29 is 9.90 Å². The normalized spacial score (nSPS) is 10.8. The summed E-state index contributed by atoms with van der Waals surface area (Å²) in [6.45, 7) is 0. The van der Waals surface area contributed by atoms with Crippen molar-refractivity contribution in [3.8, 4) is 0 Å². The lowest BCUT2D eigenvalue weighted by atomic mass is 10.1. The first kappa shape index (κ1) is 14.1. The van der Waals surface area contributed by atoms with Gasteiger partial charge in [-0.3, -0.25) is 4.98 Å². The molecule has 0 aliphatic carbocycles. The maximum absolute atomic E-state index is 11.0. The second-order valence-corrected chi connectivity index (χ2v) is 5.45. The summed E-state index contributed by atoms with van der Waals surface area (Å²) in [4.78, 5) is 19.9. The third-order valence-corrected chi connectivity index (χ3v) is 3.81. The predicted molar refractivity (Wildman–Crippen MR) is 93.7 cm³/mol. The van der Waals surface area contributed by atoms with Crippen molar-refractivity contribution in [1.82, 2.24) is 9.97 Å². The Morgan fingerprint density at radius 2 is 1.67 bits per heavy atom. The number of nitrogens with zero attached hydrogens (tertiary/aromatic N) is 2. The summed E-state index contributed by atoms with van der Waals surface area (Å²) in [6, 6.07) is 18.5. The van der Waals surface area contributed by atoms with Crippen LogP contribution in [0.25, 0.3) is 21.8 Å². The number of carboxylic acids is 1. The molecule has 0 spiro atoms. The van der Waals surface area contributed by atoms with Crippen LogP contribution >= 0.6 is 0 Å². The first-order valence-corrected chi connectivity index (χ1v) is 7.45. The Morgan fingerprint density at radius 1 is 0.917 bits per heavy atom. The molecule has 0 radical (unpaired) electrons. The highest BCUT2D eigenvalue weighted by molar-refractivity contribution is 5.95. The number of para-hydroxylation sites is 2. The topological polar surface area (TPSA) is 75.1 Å². The van der Waals surface area contributed by atoms with Gasteiger partial charge in [0, 0.05) is 5.69 Å². The summed E-state index contributed by atoms with van der Waals surface area (Å²) in [5.41, 5.74) is 2.83. The van der Waals surface area contributed by atoms with Crippen LogP contribution in [0, 0.1) is 0 Å². The molecule has 4 aromatic rings. The fourth-order valence-electron chi connectivity index (χ4n) is 2.62. The standard InChI is InChI=1S/C19H13N3O2/c23-19(24)14-6-5-13-10-15(8-7-12(13)9-14)21-18-11-20-16-3-1-2-4-17(16)22-18/h1-11H,(H,21,22)(H,23,24). The number of aromatic carboxylic acids is 1. The first-order chi connectivity index (χ1) is 11.7. The van der Waals surface area contributed by atoms with E-state index in [1.807, 2.05) is 42.5 Å². The van der Waals surface area contributed by atoms with Crippen LogP contribution in [0.1, 0.15) is 10.4 Å². The Kier molecular flexibility index (Phi) is 3.31. The lowest BCUT2D eigenvalue weighted by Gasteiger charge is -2.08. The highest BCUT2D eigenvalue weighted by Gasteiger charge is 2.05. The number of aromatic nitrogens is 2. The van der Waals surface area contributed by atoms with E-state index in [-0.39, 0.29) is 5.56 Å². The minimum Gasteiger partial charge on any atom is -0.478 e. The highest BCUT2D eigenvalue weighted by atomic mass is 16.4. The van der Waals surface area contributed by atoms with Gasteiger partial charge in [0.25, 0.3) is 0 Å². The Hall–Kier alpha value is -3.47. The molecule has 4 rings (SSSR count). The average Bonchev–Trinajstić information content (AvgIpc) is 2.61. The van der Waals surface area contributed by atoms with Crippen LogP contribution in [-0.2, 0) is 0 Å². The number of nitrogens with one attached hydrogen (secondary N) is 1. The molecule has 116 valence electrons. The molecule has 5 heteroatoms. The fourth-order valence-corrected chi connectivity index (χ4v) is 2.62. The summed E-state index contributed by atoms with van der Waals surface area (Å²) >= 11 is 0. The van der Waals surface area contributed by atoms with Gasteiger partial charge in [-0.25, -0.2) is 9.78 Å². The fraction of sp³-hybridized carbons (Fsp3) is 0. The van der Waals surface area contributed by atoms with Crippen molar-refractivity contribution in [2.45, 2.75) is 0 Å². The van der Waals surface area contributed by atoms with Gasteiger partial charge in [0.1, 0.15) is 5.82 Å².